The standard InChI is InChI=1S/C29H37Cl2NO2/c1-7-16-29(6)18-24(21-10-9-11-23(31)17-21)26(20-12-14-22(30)15-13-20)32(27(29)33)25(8-2)19(3)28(4,5)34/h7,9-15,17,19,24-26,34H,1,8,16,18H2,2-6H3/t19-,24+,25-,26+,29-/m0/s1. The van der Waals surface area contributed by atoms with Crippen molar-refractivity contribution in [2.75, 3.05) is 0 Å². The molecule has 5 atom stereocenters. The van der Waals surface area contributed by atoms with Crippen LogP contribution in [0.4, 0.5) is 0 Å². The SMILES string of the molecule is C=CC[C@@]1(C)C[C@H](c2cccc(Cl)c2)[C@@H](c2ccc(Cl)cc2)N([C@@H](CC)[C@H](C)C(C)(C)O)C1=O. The fraction of sp³-hybridized carbons (Fsp3) is 0.483. The monoisotopic (exact) mass is 501 g/mol. The maximum atomic E-state index is 14.3. The lowest BCUT2D eigenvalue weighted by Gasteiger charge is -2.54. The lowest BCUT2D eigenvalue weighted by Crippen LogP contribution is -2.59. The van der Waals surface area contributed by atoms with E-state index in [0.29, 0.717) is 22.9 Å². The number of allylic oxidation sites excluding steroid dienone is 1. The van der Waals surface area contributed by atoms with Gasteiger partial charge in [0.25, 0.3) is 0 Å². The largest absolute Gasteiger partial charge is 0.390 e. The molecular weight excluding hydrogens is 465 g/mol. The van der Waals surface area contributed by atoms with Crippen LogP contribution in [0, 0.1) is 11.3 Å². The van der Waals surface area contributed by atoms with Gasteiger partial charge in [0.1, 0.15) is 0 Å². The van der Waals surface area contributed by atoms with Crippen molar-refractivity contribution in [1.82, 2.24) is 4.90 Å². The summed E-state index contributed by atoms with van der Waals surface area (Å²) >= 11 is 12.7. The number of halogens is 2. The molecule has 3 nitrogen and oxygen atoms in total. The molecule has 1 heterocycles. The van der Waals surface area contributed by atoms with Crippen molar-refractivity contribution >= 4 is 29.1 Å². The molecule has 34 heavy (non-hydrogen) atoms. The molecule has 0 bridgehead atoms. The number of aliphatic hydroxyl groups is 1. The predicted molar refractivity (Wildman–Crippen MR) is 142 cm³/mol. The van der Waals surface area contributed by atoms with E-state index in [4.69, 9.17) is 23.2 Å². The van der Waals surface area contributed by atoms with Crippen molar-refractivity contribution in [2.45, 2.75) is 77.5 Å². The minimum atomic E-state index is -0.941. The summed E-state index contributed by atoms with van der Waals surface area (Å²) in [5.41, 5.74) is 0.587. The zero-order valence-corrected chi connectivity index (χ0v) is 22.4. The predicted octanol–water partition coefficient (Wildman–Crippen LogP) is 7.82. The molecule has 0 radical (unpaired) electrons. The van der Waals surface area contributed by atoms with Gasteiger partial charge in [-0.15, -0.1) is 6.58 Å². The van der Waals surface area contributed by atoms with Gasteiger partial charge in [-0.1, -0.05) is 74.3 Å². The van der Waals surface area contributed by atoms with Crippen LogP contribution in [0.1, 0.15) is 77.0 Å². The molecule has 1 aliphatic rings. The third kappa shape index (κ3) is 5.37. The van der Waals surface area contributed by atoms with Crippen molar-refractivity contribution in [3.63, 3.8) is 0 Å². The minimum Gasteiger partial charge on any atom is -0.390 e. The molecule has 184 valence electrons. The van der Waals surface area contributed by atoms with Crippen molar-refractivity contribution in [2.24, 2.45) is 11.3 Å². The van der Waals surface area contributed by atoms with Crippen LogP contribution >= 0.6 is 23.2 Å². The van der Waals surface area contributed by atoms with E-state index in [1.165, 1.54) is 0 Å². The maximum absolute atomic E-state index is 14.3. The Kier molecular flexibility index (Phi) is 8.22. The highest BCUT2D eigenvalue weighted by molar-refractivity contribution is 6.30. The Morgan fingerprint density at radius 3 is 2.35 bits per heavy atom. The van der Waals surface area contributed by atoms with Crippen LogP contribution in [0.5, 0.6) is 0 Å². The number of amides is 1. The Morgan fingerprint density at radius 2 is 1.82 bits per heavy atom. The van der Waals surface area contributed by atoms with Crippen molar-refractivity contribution in [1.29, 1.82) is 0 Å². The van der Waals surface area contributed by atoms with E-state index in [-0.39, 0.29) is 29.8 Å². The van der Waals surface area contributed by atoms with Crippen molar-refractivity contribution < 1.29 is 9.90 Å². The molecule has 0 aliphatic carbocycles. The van der Waals surface area contributed by atoms with Crippen molar-refractivity contribution in [3.05, 3.63) is 82.4 Å². The molecular formula is C29H37Cl2NO2. The summed E-state index contributed by atoms with van der Waals surface area (Å²) < 4.78 is 0. The molecule has 3 rings (SSSR count). The van der Waals surface area contributed by atoms with Gasteiger partial charge in [0, 0.05) is 27.9 Å². The van der Waals surface area contributed by atoms with E-state index in [1.54, 1.807) is 0 Å². The minimum absolute atomic E-state index is 0.0191. The molecule has 1 saturated heterocycles. The topological polar surface area (TPSA) is 40.5 Å². The van der Waals surface area contributed by atoms with Crippen LogP contribution in [0.3, 0.4) is 0 Å². The van der Waals surface area contributed by atoms with Gasteiger partial charge in [0.05, 0.1) is 17.1 Å². The first-order valence-electron chi connectivity index (χ1n) is 12.1. The Morgan fingerprint density at radius 1 is 1.18 bits per heavy atom. The Balaban J connectivity index is 2.27. The highest BCUT2D eigenvalue weighted by Gasteiger charge is 2.52. The number of likely N-dealkylation sites (tertiary alicyclic amines) is 1. The van der Waals surface area contributed by atoms with Crippen LogP contribution in [-0.2, 0) is 4.79 Å². The number of nitrogens with zero attached hydrogens (tertiary/aromatic N) is 1. The first kappa shape index (κ1) is 26.8. The van der Waals surface area contributed by atoms with Crippen LogP contribution in [-0.4, -0.2) is 27.6 Å². The van der Waals surface area contributed by atoms with E-state index in [0.717, 1.165) is 17.5 Å². The van der Waals surface area contributed by atoms with Gasteiger partial charge >= 0.3 is 0 Å². The molecule has 2 aromatic carbocycles. The van der Waals surface area contributed by atoms with Gasteiger partial charge in [0.15, 0.2) is 0 Å². The summed E-state index contributed by atoms with van der Waals surface area (Å²) in [6.07, 6.45) is 3.83. The maximum Gasteiger partial charge on any atom is 0.229 e. The average Bonchev–Trinajstić information content (AvgIpc) is 2.77. The highest BCUT2D eigenvalue weighted by atomic mass is 35.5. The van der Waals surface area contributed by atoms with E-state index >= 15 is 0 Å². The molecule has 0 aromatic heterocycles. The van der Waals surface area contributed by atoms with E-state index in [9.17, 15) is 9.90 Å². The van der Waals surface area contributed by atoms with Gasteiger partial charge in [-0.3, -0.25) is 4.79 Å². The first-order chi connectivity index (χ1) is 15.9. The quantitative estimate of drug-likeness (QED) is 0.374. The van der Waals surface area contributed by atoms with Crippen LogP contribution in [0.25, 0.3) is 0 Å². The lowest BCUT2D eigenvalue weighted by atomic mass is 9.66. The third-order valence-corrected chi connectivity index (χ3v) is 8.14. The zero-order valence-electron chi connectivity index (χ0n) is 20.9. The Bertz CT molecular complexity index is 1010. The molecule has 1 amide bonds. The Labute approximate surface area is 214 Å². The van der Waals surface area contributed by atoms with Crippen molar-refractivity contribution in [3.8, 4) is 0 Å². The number of hydrogen-bond donors (Lipinski definition) is 1. The van der Waals surface area contributed by atoms with E-state index in [1.807, 2.05) is 76.2 Å². The summed E-state index contributed by atoms with van der Waals surface area (Å²) in [7, 11) is 0. The number of piperidine rings is 1. The molecule has 1 N–H and O–H groups in total. The number of carbonyl (C=O) groups is 1. The number of rotatable bonds is 8. The second-order valence-electron chi connectivity index (χ2n) is 10.5. The third-order valence-electron chi connectivity index (χ3n) is 7.65. The van der Waals surface area contributed by atoms with Gasteiger partial charge < -0.3 is 10.0 Å². The molecule has 2 aromatic rings. The molecule has 0 saturated carbocycles. The van der Waals surface area contributed by atoms with Gasteiger partial charge in [0.2, 0.25) is 5.91 Å². The molecule has 0 spiro atoms. The van der Waals surface area contributed by atoms with Gasteiger partial charge in [-0.25, -0.2) is 0 Å². The average molecular weight is 503 g/mol. The molecule has 0 unspecified atom stereocenters. The second kappa shape index (κ2) is 10.4. The summed E-state index contributed by atoms with van der Waals surface area (Å²) in [5, 5.41) is 12.3. The zero-order chi connectivity index (χ0) is 25.3. The number of hydrogen-bond acceptors (Lipinski definition) is 2. The van der Waals surface area contributed by atoms with E-state index < -0.39 is 11.0 Å². The second-order valence-corrected chi connectivity index (χ2v) is 11.4. The molecule has 1 aliphatic heterocycles. The van der Waals surface area contributed by atoms with Crippen LogP contribution in [0.15, 0.2) is 61.2 Å². The Hall–Kier alpha value is -1.81. The van der Waals surface area contributed by atoms with Crippen LogP contribution < -0.4 is 0 Å². The van der Waals surface area contributed by atoms with Crippen LogP contribution in [0.2, 0.25) is 10.0 Å². The van der Waals surface area contributed by atoms with E-state index in [2.05, 4.69) is 24.5 Å². The van der Waals surface area contributed by atoms with Gasteiger partial charge in [-0.2, -0.15) is 0 Å². The summed E-state index contributed by atoms with van der Waals surface area (Å²) in [4.78, 5) is 16.4. The van der Waals surface area contributed by atoms with Gasteiger partial charge in [-0.05, 0) is 68.5 Å². The smallest absolute Gasteiger partial charge is 0.229 e. The summed E-state index contributed by atoms with van der Waals surface area (Å²) in [6, 6.07) is 15.4. The fourth-order valence-corrected chi connectivity index (χ4v) is 5.84. The highest BCUT2D eigenvalue weighted by Crippen LogP contribution is 2.53. The first-order valence-corrected chi connectivity index (χ1v) is 12.9. The summed E-state index contributed by atoms with van der Waals surface area (Å²) in [5.74, 6) is -0.0125. The number of benzene rings is 2. The number of carbonyl (C=O) groups excluding carboxylic acids is 1. The lowest BCUT2D eigenvalue weighted by molar-refractivity contribution is -0.159. The fourth-order valence-electron chi connectivity index (χ4n) is 5.51. The summed E-state index contributed by atoms with van der Waals surface area (Å²) in [6.45, 7) is 13.8. The normalized spacial score (nSPS) is 25.2. The molecule has 5 heteroatoms. The molecule has 1 fully saturated rings.